The SMILES string of the molecule is Cn1nc(C(F)(F)CO)c2c1-c1ccc(-c3cccc(S(C)(=O)=O)c3)cc1N(/C(=C\N)c1ccc(OC(F)(F)F)cc1)N2. The molecule has 1 aliphatic rings. The number of hydrazine groups is 1. The van der Waals surface area contributed by atoms with Crippen LogP contribution in [-0.2, 0) is 22.8 Å². The van der Waals surface area contributed by atoms with E-state index < -0.39 is 40.2 Å². The van der Waals surface area contributed by atoms with Gasteiger partial charge in [0.15, 0.2) is 15.5 Å². The van der Waals surface area contributed by atoms with Crippen LogP contribution in [0.1, 0.15) is 11.3 Å². The lowest BCUT2D eigenvalue weighted by Crippen LogP contribution is -2.33. The lowest BCUT2D eigenvalue weighted by molar-refractivity contribution is -0.274. The van der Waals surface area contributed by atoms with Gasteiger partial charge < -0.3 is 15.6 Å². The molecule has 0 bridgehead atoms. The summed E-state index contributed by atoms with van der Waals surface area (Å²) in [6.45, 7) is -1.51. The molecule has 9 nitrogen and oxygen atoms in total. The van der Waals surface area contributed by atoms with Crippen LogP contribution in [0.3, 0.4) is 0 Å². The molecule has 4 N–H and O–H groups in total. The smallest absolute Gasteiger partial charge is 0.406 e. The van der Waals surface area contributed by atoms with Crippen molar-refractivity contribution < 1.29 is 40.2 Å². The molecule has 3 aromatic carbocycles. The lowest BCUT2D eigenvalue weighted by Gasteiger charge is -2.35. The van der Waals surface area contributed by atoms with E-state index in [4.69, 9.17) is 5.73 Å². The van der Waals surface area contributed by atoms with Crippen molar-refractivity contribution in [1.82, 2.24) is 9.78 Å². The number of fused-ring (bicyclic) bond motifs is 3. The zero-order valence-corrected chi connectivity index (χ0v) is 23.3. The second-order valence-corrected chi connectivity index (χ2v) is 11.7. The first-order chi connectivity index (χ1) is 20.1. The molecular weight excluding hydrogens is 597 g/mol. The number of aromatic nitrogens is 2. The maximum Gasteiger partial charge on any atom is 0.573 e. The maximum atomic E-state index is 14.8. The summed E-state index contributed by atoms with van der Waals surface area (Å²) in [6, 6.07) is 16.0. The van der Waals surface area contributed by atoms with E-state index in [1.165, 1.54) is 41.0 Å². The molecule has 1 aliphatic heterocycles. The van der Waals surface area contributed by atoms with Gasteiger partial charge in [-0.15, -0.1) is 13.2 Å². The van der Waals surface area contributed by atoms with E-state index in [1.54, 1.807) is 30.3 Å². The van der Waals surface area contributed by atoms with Crippen LogP contribution < -0.4 is 20.9 Å². The zero-order valence-electron chi connectivity index (χ0n) is 22.5. The first kappa shape index (κ1) is 29.8. The normalized spacial score (nSPS) is 13.8. The van der Waals surface area contributed by atoms with Gasteiger partial charge in [0.1, 0.15) is 18.0 Å². The first-order valence-corrected chi connectivity index (χ1v) is 14.4. The molecule has 0 saturated heterocycles. The summed E-state index contributed by atoms with van der Waals surface area (Å²) in [5.41, 5.74) is 10.7. The maximum absolute atomic E-state index is 14.8. The number of benzene rings is 3. The van der Waals surface area contributed by atoms with E-state index in [2.05, 4.69) is 15.3 Å². The van der Waals surface area contributed by atoms with Crippen molar-refractivity contribution in [2.24, 2.45) is 12.8 Å². The highest BCUT2D eigenvalue weighted by Gasteiger charge is 2.42. The van der Waals surface area contributed by atoms with Crippen LogP contribution in [0.4, 0.5) is 33.3 Å². The number of hydrogen-bond donors (Lipinski definition) is 3. The topological polar surface area (TPSA) is 123 Å². The summed E-state index contributed by atoms with van der Waals surface area (Å²) in [7, 11) is -2.06. The molecule has 2 heterocycles. The Bertz CT molecular complexity index is 1840. The van der Waals surface area contributed by atoms with Gasteiger partial charge in [-0.2, -0.15) is 13.9 Å². The second-order valence-electron chi connectivity index (χ2n) is 9.66. The Morgan fingerprint density at radius 1 is 1.05 bits per heavy atom. The molecule has 0 amide bonds. The lowest BCUT2D eigenvalue weighted by atomic mass is 9.97. The summed E-state index contributed by atoms with van der Waals surface area (Å²) in [5, 5.41) is 14.7. The molecule has 0 saturated carbocycles. The molecule has 0 unspecified atom stereocenters. The number of hydrogen-bond acceptors (Lipinski definition) is 8. The van der Waals surface area contributed by atoms with E-state index >= 15 is 0 Å². The van der Waals surface area contributed by atoms with E-state index in [1.807, 2.05) is 0 Å². The van der Waals surface area contributed by atoms with E-state index in [-0.39, 0.29) is 22.0 Å². The number of aryl methyl sites for hydroxylation is 1. The minimum atomic E-state index is -4.91. The predicted molar refractivity (Wildman–Crippen MR) is 150 cm³/mol. The number of alkyl halides is 5. The number of rotatable bonds is 7. The third-order valence-electron chi connectivity index (χ3n) is 6.69. The van der Waals surface area contributed by atoms with Crippen molar-refractivity contribution in [3.05, 3.63) is 84.2 Å². The molecule has 0 aliphatic carbocycles. The van der Waals surface area contributed by atoms with Crippen LogP contribution in [0, 0.1) is 0 Å². The molecule has 0 fully saturated rings. The Hall–Kier alpha value is -4.63. The van der Waals surface area contributed by atoms with Gasteiger partial charge in [0.2, 0.25) is 0 Å². The van der Waals surface area contributed by atoms with E-state index in [0.29, 0.717) is 27.9 Å². The number of sulfone groups is 1. The fourth-order valence-electron chi connectivity index (χ4n) is 4.76. The number of ether oxygens (including phenoxy) is 1. The number of aliphatic hydroxyl groups excluding tert-OH is 1. The van der Waals surface area contributed by atoms with Crippen LogP contribution in [0.2, 0.25) is 0 Å². The molecule has 43 heavy (non-hydrogen) atoms. The molecule has 4 aromatic rings. The zero-order chi connectivity index (χ0) is 31.3. The summed E-state index contributed by atoms with van der Waals surface area (Å²) < 4.78 is 97.3. The van der Waals surface area contributed by atoms with Crippen molar-refractivity contribution in [2.75, 3.05) is 23.3 Å². The summed E-state index contributed by atoms with van der Waals surface area (Å²) in [5.74, 6) is -4.21. The van der Waals surface area contributed by atoms with E-state index in [9.17, 15) is 35.5 Å². The van der Waals surface area contributed by atoms with Gasteiger partial charge in [-0.3, -0.25) is 15.1 Å². The van der Waals surface area contributed by atoms with Crippen molar-refractivity contribution in [1.29, 1.82) is 0 Å². The Morgan fingerprint density at radius 2 is 1.72 bits per heavy atom. The third kappa shape index (κ3) is 5.72. The van der Waals surface area contributed by atoms with Gasteiger partial charge in [0.25, 0.3) is 0 Å². The van der Waals surface area contributed by atoms with Crippen LogP contribution in [0.25, 0.3) is 28.1 Å². The van der Waals surface area contributed by atoms with E-state index in [0.717, 1.165) is 24.6 Å². The van der Waals surface area contributed by atoms with Gasteiger partial charge in [-0.1, -0.05) is 18.2 Å². The molecule has 1 aromatic heterocycles. The third-order valence-corrected chi connectivity index (χ3v) is 7.80. The van der Waals surface area contributed by atoms with Gasteiger partial charge >= 0.3 is 12.3 Å². The minimum Gasteiger partial charge on any atom is -0.406 e. The standard InChI is InChI=1S/C28H24F5N5O4S/c1-37-25-21-11-8-18(17-4-3-5-20(12-17)43(2,40)41)13-22(21)38(35-24(25)26(36-37)27(29,30)15-39)23(14-34)16-6-9-19(10-7-16)42-28(31,32)33/h3-14,35,39H,15,34H2,1-2H3/b23-14-. The Kier molecular flexibility index (Phi) is 7.34. The van der Waals surface area contributed by atoms with Crippen LogP contribution >= 0.6 is 0 Å². The minimum absolute atomic E-state index is 0.0891. The Labute approximate surface area is 242 Å². The van der Waals surface area contributed by atoms with Gasteiger partial charge in [-0.05, 0) is 59.7 Å². The fourth-order valence-corrected chi connectivity index (χ4v) is 5.43. The number of anilines is 2. The number of nitrogens with two attached hydrogens (primary N) is 1. The monoisotopic (exact) mass is 621 g/mol. The number of aliphatic hydroxyl groups is 1. The molecule has 226 valence electrons. The average molecular weight is 622 g/mol. The van der Waals surface area contributed by atoms with Gasteiger partial charge in [0, 0.05) is 30.6 Å². The van der Waals surface area contributed by atoms with Crippen molar-refractivity contribution in [2.45, 2.75) is 17.2 Å². The highest BCUT2D eigenvalue weighted by atomic mass is 32.2. The average Bonchev–Trinajstić information content (AvgIpc) is 3.30. The van der Waals surface area contributed by atoms with Crippen LogP contribution in [0.15, 0.2) is 77.8 Å². The Balaban J connectivity index is 1.69. The molecular formula is C28H24F5N5O4S. The fraction of sp³-hybridized carbons (Fsp3) is 0.179. The number of nitrogens with zero attached hydrogens (tertiary/aromatic N) is 3. The van der Waals surface area contributed by atoms with Crippen molar-refractivity contribution >= 4 is 26.9 Å². The Morgan fingerprint density at radius 3 is 2.33 bits per heavy atom. The quantitative estimate of drug-likeness (QED) is 0.240. The second kappa shape index (κ2) is 10.6. The van der Waals surface area contributed by atoms with Gasteiger partial charge in [0.05, 0.1) is 22.0 Å². The summed E-state index contributed by atoms with van der Waals surface area (Å²) in [6.07, 6.45) is -2.69. The largest absolute Gasteiger partial charge is 0.573 e. The number of halogens is 5. The number of nitrogens with one attached hydrogen (secondary N) is 1. The van der Waals surface area contributed by atoms with Crippen molar-refractivity contribution in [3.63, 3.8) is 0 Å². The summed E-state index contributed by atoms with van der Waals surface area (Å²) >= 11 is 0. The molecule has 15 heteroatoms. The van der Waals surface area contributed by atoms with Crippen molar-refractivity contribution in [3.8, 4) is 28.1 Å². The molecule has 5 rings (SSSR count). The first-order valence-electron chi connectivity index (χ1n) is 12.5. The molecule has 0 spiro atoms. The predicted octanol–water partition coefficient (Wildman–Crippen LogP) is 5.24. The van der Waals surface area contributed by atoms with Crippen LogP contribution in [0.5, 0.6) is 5.75 Å². The molecule has 0 atom stereocenters. The van der Waals surface area contributed by atoms with Crippen LogP contribution in [-0.4, -0.2) is 42.5 Å². The van der Waals surface area contributed by atoms with Gasteiger partial charge in [-0.25, -0.2) is 8.42 Å². The highest BCUT2D eigenvalue weighted by Crippen LogP contribution is 2.48. The molecule has 0 radical (unpaired) electrons. The highest BCUT2D eigenvalue weighted by molar-refractivity contribution is 7.90. The summed E-state index contributed by atoms with van der Waals surface area (Å²) in [4.78, 5) is 0.0891.